The summed E-state index contributed by atoms with van der Waals surface area (Å²) in [5, 5.41) is 5.60. The minimum atomic E-state index is -3.95. The van der Waals surface area contributed by atoms with Gasteiger partial charge in [-0.15, -0.1) is 0 Å². The van der Waals surface area contributed by atoms with Gasteiger partial charge in [0.05, 0.1) is 28.7 Å². The minimum absolute atomic E-state index is 0.0394. The summed E-state index contributed by atoms with van der Waals surface area (Å²) in [5.41, 5.74) is -0.0317. The molecule has 0 unspecified atom stereocenters. The molecule has 230 valence electrons. The van der Waals surface area contributed by atoms with Gasteiger partial charge in [-0.1, -0.05) is 35.9 Å². The smallest absolute Gasteiger partial charge is 0.241 e. The predicted molar refractivity (Wildman–Crippen MR) is 164 cm³/mol. The van der Waals surface area contributed by atoms with Crippen LogP contribution >= 0.6 is 11.6 Å². The van der Waals surface area contributed by atoms with Gasteiger partial charge >= 0.3 is 0 Å². The molecule has 3 aromatic rings. The van der Waals surface area contributed by atoms with E-state index in [9.17, 15) is 26.4 Å². The second-order valence-electron chi connectivity index (χ2n) is 11.3. The van der Waals surface area contributed by atoms with Crippen molar-refractivity contribution in [1.29, 1.82) is 0 Å². The average molecular weight is 651 g/mol. The van der Waals surface area contributed by atoms with Gasteiger partial charge in [-0.2, -0.15) is 0 Å². The third-order valence-electron chi connectivity index (χ3n) is 6.70. The molecule has 1 saturated heterocycles. The monoisotopic (exact) mass is 650 g/mol. The number of nitrogens with zero attached hydrogens (tertiary/aromatic N) is 1. The number of hydrogen-bond donors (Lipinski definition) is 3. The molecule has 3 N–H and O–H groups in total. The van der Waals surface area contributed by atoms with Gasteiger partial charge in [-0.25, -0.2) is 30.3 Å². The van der Waals surface area contributed by atoms with Crippen LogP contribution in [0.5, 0.6) is 0 Å². The lowest BCUT2D eigenvalue weighted by Gasteiger charge is -2.22. The molecule has 14 heteroatoms. The van der Waals surface area contributed by atoms with Crippen LogP contribution in [0.25, 0.3) is 11.1 Å². The number of carbonyl (C=O) groups excluding carboxylic acids is 2. The highest BCUT2D eigenvalue weighted by molar-refractivity contribution is 7.89. The molecule has 3 aromatic carbocycles. The summed E-state index contributed by atoms with van der Waals surface area (Å²) in [4.78, 5) is 26.4. The van der Waals surface area contributed by atoms with Crippen LogP contribution in [0.4, 0.5) is 15.8 Å². The normalized spacial score (nSPS) is 17.9. The summed E-state index contributed by atoms with van der Waals surface area (Å²) in [6.45, 7) is 4.61. The quantitative estimate of drug-likeness (QED) is 0.332. The Hall–Kier alpha value is -3.36. The largest absolute Gasteiger partial charge is 0.326 e. The Bertz CT molecular complexity index is 1760. The van der Waals surface area contributed by atoms with E-state index in [4.69, 9.17) is 11.6 Å². The lowest BCUT2D eigenvalue weighted by atomic mass is 9.94. The number of hydrogen-bond acceptors (Lipinski definition) is 6. The minimum Gasteiger partial charge on any atom is -0.326 e. The second-order valence-corrected chi connectivity index (χ2v) is 15.4. The summed E-state index contributed by atoms with van der Waals surface area (Å²) in [7, 11) is -7.68. The van der Waals surface area contributed by atoms with Crippen LogP contribution in [-0.4, -0.2) is 57.8 Å². The molecule has 0 spiro atoms. The number of halogens is 2. The zero-order valence-corrected chi connectivity index (χ0v) is 26.3. The van der Waals surface area contributed by atoms with Crippen LogP contribution in [0.15, 0.2) is 71.6 Å². The number of nitrogens with one attached hydrogen (secondary N) is 3. The Labute approximate surface area is 255 Å². The van der Waals surface area contributed by atoms with Crippen molar-refractivity contribution in [1.82, 2.24) is 9.03 Å². The van der Waals surface area contributed by atoms with Crippen LogP contribution in [0.3, 0.4) is 0 Å². The van der Waals surface area contributed by atoms with Gasteiger partial charge in [0, 0.05) is 34.9 Å². The maximum atomic E-state index is 15.3. The van der Waals surface area contributed by atoms with Crippen molar-refractivity contribution in [3.05, 3.63) is 77.6 Å². The van der Waals surface area contributed by atoms with Gasteiger partial charge in [0.2, 0.25) is 31.9 Å². The molecule has 0 aromatic heterocycles. The number of amides is 2. The summed E-state index contributed by atoms with van der Waals surface area (Å²) in [6.07, 6.45) is 0.981. The highest BCUT2D eigenvalue weighted by Crippen LogP contribution is 2.32. The van der Waals surface area contributed by atoms with Crippen molar-refractivity contribution < 1.29 is 30.8 Å². The molecule has 1 heterocycles. The molecule has 1 fully saturated rings. The first-order valence-corrected chi connectivity index (χ1v) is 16.9. The van der Waals surface area contributed by atoms with Gasteiger partial charge in [0.25, 0.3) is 0 Å². The van der Waals surface area contributed by atoms with E-state index in [2.05, 4.69) is 15.4 Å². The summed E-state index contributed by atoms with van der Waals surface area (Å²) in [6, 6.07) is 16.3. The molecular formula is C29H32ClFN4O6S2. The van der Waals surface area contributed by atoms with Gasteiger partial charge in [0.15, 0.2) is 0 Å². The van der Waals surface area contributed by atoms with E-state index in [1.165, 1.54) is 18.2 Å². The molecule has 10 nitrogen and oxygen atoms in total. The van der Waals surface area contributed by atoms with Crippen molar-refractivity contribution in [2.24, 2.45) is 11.8 Å². The number of anilines is 2. The zero-order chi connectivity index (χ0) is 31.7. The molecule has 0 radical (unpaired) electrons. The van der Waals surface area contributed by atoms with E-state index in [0.29, 0.717) is 10.7 Å². The topological polar surface area (TPSA) is 142 Å². The highest BCUT2D eigenvalue weighted by Gasteiger charge is 2.45. The average Bonchev–Trinajstić information content (AvgIpc) is 3.37. The molecule has 2 amide bonds. The van der Waals surface area contributed by atoms with E-state index >= 15 is 4.39 Å². The molecule has 2 atom stereocenters. The fraction of sp³-hybridized carbons (Fsp3) is 0.310. The summed E-state index contributed by atoms with van der Waals surface area (Å²) >= 11 is 5.90. The van der Waals surface area contributed by atoms with E-state index in [0.717, 1.165) is 16.6 Å². The fourth-order valence-electron chi connectivity index (χ4n) is 4.75. The van der Waals surface area contributed by atoms with Gasteiger partial charge < -0.3 is 10.6 Å². The lowest BCUT2D eigenvalue weighted by Crippen LogP contribution is -2.40. The van der Waals surface area contributed by atoms with E-state index in [-0.39, 0.29) is 34.8 Å². The Kier molecular flexibility index (Phi) is 9.33. The van der Waals surface area contributed by atoms with Crippen LogP contribution in [0.1, 0.15) is 20.8 Å². The molecule has 0 aliphatic carbocycles. The lowest BCUT2D eigenvalue weighted by molar-refractivity contribution is -0.127. The molecule has 0 saturated carbocycles. The first-order valence-electron chi connectivity index (χ1n) is 13.2. The number of sulfonamides is 2. The van der Waals surface area contributed by atoms with Gasteiger partial charge in [-0.05, 0) is 68.8 Å². The standard InChI is InChI=1S/C29H32ClFN4O6S2/c1-29(2,3)34-43(40,41)26-8-6-5-7-21(26)18-9-14-25(24(31)15-18)33-28(37)23-17-35(42(4,38)39)16-22(23)27(36)32-20-12-10-19(30)11-13-20/h5-15,22-23,34H,16-17H2,1-4H3,(H,32,36)(H,33,37)/t22-,23-/m0/s1. The third-order valence-corrected chi connectivity index (χ3v) is 10.0. The summed E-state index contributed by atoms with van der Waals surface area (Å²) in [5.74, 6) is -4.34. The predicted octanol–water partition coefficient (Wildman–Crippen LogP) is 4.31. The maximum Gasteiger partial charge on any atom is 0.241 e. The molecular weight excluding hydrogens is 619 g/mol. The van der Waals surface area contributed by atoms with Gasteiger partial charge in [-0.3, -0.25) is 9.59 Å². The molecule has 43 heavy (non-hydrogen) atoms. The summed E-state index contributed by atoms with van der Waals surface area (Å²) < 4.78 is 69.6. The number of carbonyl (C=O) groups is 2. The van der Waals surface area contributed by atoms with E-state index in [1.807, 2.05) is 0 Å². The SMILES string of the molecule is CC(C)(C)NS(=O)(=O)c1ccccc1-c1ccc(NC(=O)[C@H]2CN(S(C)(=O)=O)C[C@@H]2C(=O)Nc2ccc(Cl)cc2)c(F)c1. The number of rotatable bonds is 8. The van der Waals surface area contributed by atoms with Crippen molar-refractivity contribution in [2.45, 2.75) is 31.2 Å². The van der Waals surface area contributed by atoms with Crippen molar-refractivity contribution in [3.63, 3.8) is 0 Å². The number of benzene rings is 3. The van der Waals surface area contributed by atoms with Crippen LogP contribution in [-0.2, 0) is 29.6 Å². The molecule has 0 bridgehead atoms. The van der Waals surface area contributed by atoms with E-state index in [1.54, 1.807) is 63.2 Å². The first-order chi connectivity index (χ1) is 19.9. The zero-order valence-electron chi connectivity index (χ0n) is 23.9. The Morgan fingerprint density at radius 3 is 2.02 bits per heavy atom. The van der Waals surface area contributed by atoms with Crippen LogP contribution < -0.4 is 15.4 Å². The van der Waals surface area contributed by atoms with Gasteiger partial charge in [0.1, 0.15) is 5.82 Å². The Morgan fingerprint density at radius 1 is 0.884 bits per heavy atom. The van der Waals surface area contributed by atoms with Crippen molar-refractivity contribution in [2.75, 3.05) is 30.0 Å². The molecule has 1 aliphatic heterocycles. The second kappa shape index (κ2) is 12.3. The van der Waals surface area contributed by atoms with Crippen LogP contribution in [0, 0.1) is 17.7 Å². The van der Waals surface area contributed by atoms with Crippen molar-refractivity contribution >= 4 is 54.8 Å². The molecule has 4 rings (SSSR count). The van der Waals surface area contributed by atoms with Crippen LogP contribution in [0.2, 0.25) is 5.02 Å². The third kappa shape index (κ3) is 7.98. The van der Waals surface area contributed by atoms with Crippen molar-refractivity contribution in [3.8, 4) is 11.1 Å². The maximum absolute atomic E-state index is 15.3. The highest BCUT2D eigenvalue weighted by atomic mass is 35.5. The Balaban J connectivity index is 1.58. The van der Waals surface area contributed by atoms with E-state index < -0.39 is 55.1 Å². The Morgan fingerprint density at radius 2 is 1.47 bits per heavy atom. The first kappa shape index (κ1) is 32.6. The fourth-order valence-corrected chi connectivity index (χ4v) is 7.38. The molecule has 1 aliphatic rings.